The van der Waals surface area contributed by atoms with Crippen LogP contribution in [0.15, 0.2) is 18.2 Å². The van der Waals surface area contributed by atoms with Gasteiger partial charge in [-0.15, -0.1) is 0 Å². The van der Waals surface area contributed by atoms with Gasteiger partial charge in [0.25, 0.3) is 0 Å². The van der Waals surface area contributed by atoms with E-state index in [2.05, 4.69) is 4.74 Å². The number of carbonyl (C=O) groups is 1. The minimum absolute atomic E-state index is 0.187. The first-order valence-electron chi connectivity index (χ1n) is 5.13. The number of rotatable bonds is 3. The monoisotopic (exact) mass is 224 g/mol. The third-order valence-electron chi connectivity index (χ3n) is 2.82. The number of esters is 1. The van der Waals surface area contributed by atoms with Crippen LogP contribution in [0, 0.1) is 5.82 Å². The highest BCUT2D eigenvalue weighted by Crippen LogP contribution is 2.38. The zero-order valence-corrected chi connectivity index (χ0v) is 9.00. The molecule has 86 valence electrons. The Morgan fingerprint density at radius 1 is 1.56 bits per heavy atom. The van der Waals surface area contributed by atoms with Crippen LogP contribution in [-0.2, 0) is 11.2 Å². The van der Waals surface area contributed by atoms with Gasteiger partial charge in [0.2, 0.25) is 0 Å². The molecule has 0 heterocycles. The van der Waals surface area contributed by atoms with E-state index in [-0.39, 0.29) is 5.56 Å². The molecule has 4 heteroatoms. The lowest BCUT2D eigenvalue weighted by atomic mass is 10.0. The summed E-state index contributed by atoms with van der Waals surface area (Å²) >= 11 is 0. The zero-order valence-electron chi connectivity index (χ0n) is 9.00. The number of carbonyl (C=O) groups excluding carboxylic acids is 1. The van der Waals surface area contributed by atoms with E-state index in [1.807, 2.05) is 0 Å². The molecular weight excluding hydrogens is 211 g/mol. The maximum atomic E-state index is 13.6. The Hall–Kier alpha value is -1.42. The summed E-state index contributed by atoms with van der Waals surface area (Å²) in [4.78, 5) is 11.1. The van der Waals surface area contributed by atoms with Gasteiger partial charge in [-0.2, -0.15) is 0 Å². The molecule has 0 atom stereocenters. The first-order valence-corrected chi connectivity index (χ1v) is 5.13. The zero-order chi connectivity index (χ0) is 11.8. The molecule has 16 heavy (non-hydrogen) atoms. The second-order valence-corrected chi connectivity index (χ2v) is 4.20. The van der Waals surface area contributed by atoms with E-state index in [0.29, 0.717) is 24.8 Å². The van der Waals surface area contributed by atoms with Crippen molar-refractivity contribution in [1.29, 1.82) is 0 Å². The number of ether oxygens (including phenoxy) is 1. The normalized spacial score (nSPS) is 16.9. The number of aliphatic hydroxyl groups is 1. The molecule has 1 aliphatic carbocycles. The summed E-state index contributed by atoms with van der Waals surface area (Å²) in [6, 6.07) is 4.18. The maximum absolute atomic E-state index is 13.6. The molecule has 0 aliphatic heterocycles. The van der Waals surface area contributed by atoms with Crippen molar-refractivity contribution in [2.24, 2.45) is 0 Å². The number of hydrogen-bond donors (Lipinski definition) is 1. The molecule has 1 fully saturated rings. The van der Waals surface area contributed by atoms with Crippen molar-refractivity contribution in [3.8, 4) is 0 Å². The van der Waals surface area contributed by atoms with Crippen LogP contribution in [0.3, 0.4) is 0 Å². The molecule has 0 unspecified atom stereocenters. The Morgan fingerprint density at radius 3 is 2.75 bits per heavy atom. The van der Waals surface area contributed by atoms with Crippen LogP contribution in [0.25, 0.3) is 0 Å². The van der Waals surface area contributed by atoms with Crippen molar-refractivity contribution < 1.29 is 19.0 Å². The Balaban J connectivity index is 2.19. The van der Waals surface area contributed by atoms with E-state index in [1.165, 1.54) is 19.2 Å². The second-order valence-electron chi connectivity index (χ2n) is 4.20. The Bertz CT molecular complexity index is 424. The molecule has 2 rings (SSSR count). The fourth-order valence-electron chi connectivity index (χ4n) is 1.61. The first kappa shape index (κ1) is 11.1. The lowest BCUT2D eigenvalue weighted by Gasteiger charge is -2.09. The van der Waals surface area contributed by atoms with Crippen LogP contribution >= 0.6 is 0 Å². The van der Waals surface area contributed by atoms with Gasteiger partial charge in [0.1, 0.15) is 5.82 Å². The van der Waals surface area contributed by atoms with Crippen molar-refractivity contribution in [3.63, 3.8) is 0 Å². The third kappa shape index (κ3) is 2.22. The molecule has 0 saturated heterocycles. The standard InChI is InChI=1S/C12H13FO3/c1-16-11(14)8-2-3-9(10(13)6-8)7-12(15)4-5-12/h2-3,6,15H,4-5,7H2,1H3. The quantitative estimate of drug-likeness (QED) is 0.794. The van der Waals surface area contributed by atoms with Crippen molar-refractivity contribution in [2.45, 2.75) is 24.9 Å². The summed E-state index contributed by atoms with van der Waals surface area (Å²) in [6.45, 7) is 0. The molecule has 1 aliphatic rings. The molecule has 3 nitrogen and oxygen atoms in total. The lowest BCUT2D eigenvalue weighted by molar-refractivity contribution is 0.0600. The molecule has 0 amide bonds. The highest BCUT2D eigenvalue weighted by Gasteiger charge is 2.40. The van der Waals surface area contributed by atoms with Crippen LogP contribution in [-0.4, -0.2) is 23.8 Å². The Morgan fingerprint density at radius 2 is 2.25 bits per heavy atom. The van der Waals surface area contributed by atoms with Crippen molar-refractivity contribution in [3.05, 3.63) is 35.1 Å². The van der Waals surface area contributed by atoms with Crippen LogP contribution in [0.2, 0.25) is 0 Å². The number of halogens is 1. The van der Waals surface area contributed by atoms with Gasteiger partial charge in [0.05, 0.1) is 18.3 Å². The average Bonchev–Trinajstić information content (AvgIpc) is 2.98. The minimum atomic E-state index is -0.729. The van der Waals surface area contributed by atoms with E-state index in [0.717, 1.165) is 6.07 Å². The molecule has 0 aromatic heterocycles. The molecule has 1 N–H and O–H groups in total. The van der Waals surface area contributed by atoms with E-state index >= 15 is 0 Å². The van der Waals surface area contributed by atoms with Crippen LogP contribution in [0.4, 0.5) is 4.39 Å². The molecule has 0 bridgehead atoms. The largest absolute Gasteiger partial charge is 0.465 e. The highest BCUT2D eigenvalue weighted by atomic mass is 19.1. The minimum Gasteiger partial charge on any atom is -0.465 e. The molecule has 1 aromatic carbocycles. The highest BCUT2D eigenvalue weighted by molar-refractivity contribution is 5.89. The maximum Gasteiger partial charge on any atom is 0.337 e. The van der Waals surface area contributed by atoms with Gasteiger partial charge in [0, 0.05) is 6.42 Å². The average molecular weight is 224 g/mol. The fraction of sp³-hybridized carbons (Fsp3) is 0.417. The van der Waals surface area contributed by atoms with Crippen LogP contribution < -0.4 is 0 Å². The Labute approximate surface area is 92.9 Å². The van der Waals surface area contributed by atoms with Gasteiger partial charge in [-0.25, -0.2) is 9.18 Å². The third-order valence-corrected chi connectivity index (χ3v) is 2.82. The summed E-state index contributed by atoms with van der Waals surface area (Å²) in [7, 11) is 1.25. The topological polar surface area (TPSA) is 46.5 Å². The summed E-state index contributed by atoms with van der Waals surface area (Å²) in [5.41, 5.74) is -0.104. The van der Waals surface area contributed by atoms with E-state index in [9.17, 15) is 14.3 Å². The van der Waals surface area contributed by atoms with Crippen LogP contribution in [0.5, 0.6) is 0 Å². The lowest BCUT2D eigenvalue weighted by Crippen LogP contribution is -2.12. The van der Waals surface area contributed by atoms with Gasteiger partial charge >= 0.3 is 5.97 Å². The SMILES string of the molecule is COC(=O)c1ccc(CC2(O)CC2)c(F)c1. The summed E-state index contributed by atoms with van der Waals surface area (Å²) in [5, 5.41) is 9.67. The Kier molecular flexibility index (Phi) is 2.68. The molecule has 0 spiro atoms. The molecular formula is C12H13FO3. The predicted molar refractivity (Wildman–Crippen MR) is 55.6 cm³/mol. The summed E-state index contributed by atoms with van der Waals surface area (Å²) < 4.78 is 18.1. The summed E-state index contributed by atoms with van der Waals surface area (Å²) in [6.07, 6.45) is 1.73. The summed E-state index contributed by atoms with van der Waals surface area (Å²) in [5.74, 6) is -1.03. The van der Waals surface area contributed by atoms with Gasteiger partial charge in [-0.1, -0.05) is 6.07 Å². The van der Waals surface area contributed by atoms with Gasteiger partial charge < -0.3 is 9.84 Å². The first-order chi connectivity index (χ1) is 7.54. The molecule has 1 aromatic rings. The molecule has 0 radical (unpaired) electrons. The van der Waals surface area contributed by atoms with Crippen molar-refractivity contribution in [2.75, 3.05) is 7.11 Å². The van der Waals surface area contributed by atoms with E-state index < -0.39 is 17.4 Å². The second kappa shape index (κ2) is 3.87. The smallest absolute Gasteiger partial charge is 0.337 e. The number of hydrogen-bond acceptors (Lipinski definition) is 3. The number of benzene rings is 1. The van der Waals surface area contributed by atoms with Crippen molar-refractivity contribution >= 4 is 5.97 Å². The number of methoxy groups -OCH3 is 1. The fourth-order valence-corrected chi connectivity index (χ4v) is 1.61. The van der Waals surface area contributed by atoms with Gasteiger partial charge in [-0.05, 0) is 30.5 Å². The van der Waals surface area contributed by atoms with Gasteiger partial charge in [-0.3, -0.25) is 0 Å². The van der Waals surface area contributed by atoms with E-state index in [4.69, 9.17) is 0 Å². The molecule has 1 saturated carbocycles. The predicted octanol–water partition coefficient (Wildman–Crippen LogP) is 1.68. The van der Waals surface area contributed by atoms with Crippen LogP contribution in [0.1, 0.15) is 28.8 Å². The van der Waals surface area contributed by atoms with Gasteiger partial charge in [0.15, 0.2) is 0 Å². The van der Waals surface area contributed by atoms with Crippen molar-refractivity contribution in [1.82, 2.24) is 0 Å². The van der Waals surface area contributed by atoms with E-state index in [1.54, 1.807) is 0 Å².